The molecular formula is C22H24N2O3. The van der Waals surface area contributed by atoms with Gasteiger partial charge in [0.1, 0.15) is 11.5 Å². The van der Waals surface area contributed by atoms with Crippen molar-refractivity contribution < 1.29 is 14.3 Å². The molecule has 2 fully saturated rings. The Hall–Kier alpha value is -2.66. The number of nitrogens with zero attached hydrogens (tertiary/aromatic N) is 1. The Kier molecular flexibility index (Phi) is 4.94. The van der Waals surface area contributed by atoms with Crippen molar-refractivity contribution in [1.82, 2.24) is 10.2 Å². The lowest BCUT2D eigenvalue weighted by Gasteiger charge is -2.30. The highest BCUT2D eigenvalue weighted by Gasteiger charge is 2.32. The largest absolute Gasteiger partial charge is 0.457 e. The first-order valence-corrected chi connectivity index (χ1v) is 9.49. The molecule has 0 aliphatic carbocycles. The number of fused-ring (bicyclic) bond motifs is 2. The van der Waals surface area contributed by atoms with E-state index in [0.29, 0.717) is 22.6 Å². The van der Waals surface area contributed by atoms with Crippen molar-refractivity contribution >= 4 is 11.7 Å². The van der Waals surface area contributed by atoms with Crippen molar-refractivity contribution in [2.45, 2.75) is 25.8 Å². The third-order valence-corrected chi connectivity index (χ3v) is 5.39. The predicted octanol–water partition coefficient (Wildman–Crippen LogP) is 3.51. The summed E-state index contributed by atoms with van der Waals surface area (Å²) in [6.45, 7) is 4.83. The van der Waals surface area contributed by atoms with Gasteiger partial charge in [0.2, 0.25) is 0 Å². The minimum Gasteiger partial charge on any atom is -0.457 e. The number of Topliss-reactive ketones (excluding diaryl/α,β-unsaturated/α-hetero) is 1. The molecule has 2 aliphatic heterocycles. The highest BCUT2D eigenvalue weighted by atomic mass is 16.5. The lowest BCUT2D eigenvalue weighted by atomic mass is 9.96. The lowest BCUT2D eigenvalue weighted by molar-refractivity contribution is 0.0908. The van der Waals surface area contributed by atoms with E-state index in [4.69, 9.17) is 4.74 Å². The van der Waals surface area contributed by atoms with Crippen LogP contribution < -0.4 is 10.1 Å². The Morgan fingerprint density at radius 1 is 1.04 bits per heavy atom. The maximum atomic E-state index is 12.5. The van der Waals surface area contributed by atoms with Crippen molar-refractivity contribution in [3.8, 4) is 11.5 Å². The molecule has 0 radical (unpaired) electrons. The molecule has 2 aromatic carbocycles. The average molecular weight is 364 g/mol. The molecule has 0 saturated carbocycles. The summed E-state index contributed by atoms with van der Waals surface area (Å²) in [6, 6.07) is 14.4. The van der Waals surface area contributed by atoms with Crippen LogP contribution in [-0.4, -0.2) is 42.3 Å². The van der Waals surface area contributed by atoms with Crippen LogP contribution >= 0.6 is 0 Å². The quantitative estimate of drug-likeness (QED) is 0.825. The van der Waals surface area contributed by atoms with Crippen LogP contribution in [-0.2, 0) is 0 Å². The monoisotopic (exact) mass is 364 g/mol. The summed E-state index contributed by atoms with van der Waals surface area (Å²) in [5, 5.41) is 3.17. The van der Waals surface area contributed by atoms with Crippen molar-refractivity contribution in [2.24, 2.45) is 5.92 Å². The maximum absolute atomic E-state index is 12.5. The van der Waals surface area contributed by atoms with Crippen LogP contribution in [0.25, 0.3) is 0 Å². The second-order valence-electron chi connectivity index (χ2n) is 7.53. The zero-order valence-electron chi connectivity index (χ0n) is 15.5. The summed E-state index contributed by atoms with van der Waals surface area (Å²) in [4.78, 5) is 26.4. The standard InChI is InChI=1S/C22H24N2O3/c1-15(25)18-3-2-4-21(12-18)27-20-7-5-17(6-8-20)22(26)23-19-11-16-9-10-24(13-16)14-19/h2-8,12,16,19H,9-11,13-14H2,1H3,(H,23,26)/t16-,19+/m0/s1. The van der Waals surface area contributed by atoms with Crippen LogP contribution in [0.5, 0.6) is 11.5 Å². The number of hydrogen-bond donors (Lipinski definition) is 1. The Morgan fingerprint density at radius 2 is 1.85 bits per heavy atom. The normalized spacial score (nSPS) is 23.7. The van der Waals surface area contributed by atoms with E-state index in [-0.39, 0.29) is 17.7 Å². The molecule has 2 saturated heterocycles. The molecule has 5 nitrogen and oxygen atoms in total. The van der Waals surface area contributed by atoms with E-state index >= 15 is 0 Å². The third-order valence-electron chi connectivity index (χ3n) is 5.39. The number of ether oxygens (including phenoxy) is 1. The molecule has 0 aromatic heterocycles. The molecule has 2 heterocycles. The van der Waals surface area contributed by atoms with E-state index in [1.54, 1.807) is 48.5 Å². The molecule has 1 N–H and O–H groups in total. The minimum absolute atomic E-state index is 0.0000509. The van der Waals surface area contributed by atoms with Gasteiger partial charge in [-0.05, 0) is 68.6 Å². The van der Waals surface area contributed by atoms with E-state index < -0.39 is 0 Å². The summed E-state index contributed by atoms with van der Waals surface area (Å²) < 4.78 is 5.80. The minimum atomic E-state index is -0.0346. The number of piperidine rings is 1. The van der Waals surface area contributed by atoms with Gasteiger partial charge in [-0.15, -0.1) is 0 Å². The first-order chi connectivity index (χ1) is 13.1. The van der Waals surface area contributed by atoms with Crippen LogP contribution in [0.15, 0.2) is 48.5 Å². The van der Waals surface area contributed by atoms with Crippen molar-refractivity contribution in [3.05, 3.63) is 59.7 Å². The Bertz CT molecular complexity index is 835. The van der Waals surface area contributed by atoms with E-state index in [0.717, 1.165) is 25.4 Å². The van der Waals surface area contributed by atoms with E-state index in [1.807, 2.05) is 0 Å². The molecule has 27 heavy (non-hydrogen) atoms. The summed E-state index contributed by atoms with van der Waals surface area (Å²) in [7, 11) is 0. The smallest absolute Gasteiger partial charge is 0.251 e. The van der Waals surface area contributed by atoms with Gasteiger partial charge in [0.15, 0.2) is 5.78 Å². The molecule has 3 atom stereocenters. The molecule has 2 aliphatic rings. The zero-order chi connectivity index (χ0) is 18.8. The van der Waals surface area contributed by atoms with Crippen molar-refractivity contribution in [1.29, 1.82) is 0 Å². The van der Waals surface area contributed by atoms with Gasteiger partial charge in [0, 0.05) is 30.3 Å². The lowest BCUT2D eigenvalue weighted by Crippen LogP contribution is -2.46. The molecule has 2 bridgehead atoms. The third kappa shape index (κ3) is 4.19. The van der Waals surface area contributed by atoms with Crippen LogP contribution in [0.1, 0.15) is 40.5 Å². The van der Waals surface area contributed by atoms with Gasteiger partial charge in [-0.25, -0.2) is 0 Å². The molecule has 140 valence electrons. The van der Waals surface area contributed by atoms with Gasteiger partial charge in [0.05, 0.1) is 0 Å². The SMILES string of the molecule is CC(=O)c1cccc(Oc2ccc(C(=O)N[C@@H]3C[C@@H]4CCN(C4)C3)cc2)c1. The van der Waals surface area contributed by atoms with Crippen LogP contribution in [0.3, 0.4) is 0 Å². The number of carbonyl (C=O) groups excluding carboxylic acids is 2. The fourth-order valence-corrected chi connectivity index (χ4v) is 4.02. The predicted molar refractivity (Wildman–Crippen MR) is 103 cm³/mol. The fraction of sp³-hybridized carbons (Fsp3) is 0.364. The molecule has 4 rings (SSSR count). The molecular weight excluding hydrogens is 340 g/mol. The van der Waals surface area contributed by atoms with Crippen LogP contribution in [0.2, 0.25) is 0 Å². The number of ketones is 1. The summed E-state index contributed by atoms with van der Waals surface area (Å²) in [5.41, 5.74) is 1.24. The summed E-state index contributed by atoms with van der Waals surface area (Å²) in [6.07, 6.45) is 2.33. The van der Waals surface area contributed by atoms with Crippen molar-refractivity contribution in [3.63, 3.8) is 0 Å². The maximum Gasteiger partial charge on any atom is 0.251 e. The van der Waals surface area contributed by atoms with E-state index in [1.165, 1.54) is 19.9 Å². The Balaban J connectivity index is 1.37. The molecule has 2 aromatic rings. The Labute approximate surface area is 159 Å². The molecule has 1 amide bonds. The number of amides is 1. The first-order valence-electron chi connectivity index (χ1n) is 9.49. The van der Waals surface area contributed by atoms with Gasteiger partial charge in [-0.2, -0.15) is 0 Å². The second-order valence-corrected chi connectivity index (χ2v) is 7.53. The zero-order valence-corrected chi connectivity index (χ0v) is 15.5. The number of benzene rings is 2. The highest BCUT2D eigenvalue weighted by molar-refractivity contribution is 5.95. The van der Waals surface area contributed by atoms with Gasteiger partial charge in [-0.3, -0.25) is 9.59 Å². The Morgan fingerprint density at radius 3 is 2.59 bits per heavy atom. The van der Waals surface area contributed by atoms with Crippen LogP contribution in [0, 0.1) is 5.92 Å². The molecule has 0 spiro atoms. The van der Waals surface area contributed by atoms with Gasteiger partial charge in [0.25, 0.3) is 5.91 Å². The van der Waals surface area contributed by atoms with E-state index in [2.05, 4.69) is 10.2 Å². The summed E-state index contributed by atoms with van der Waals surface area (Å²) >= 11 is 0. The highest BCUT2D eigenvalue weighted by Crippen LogP contribution is 2.27. The molecule has 5 heteroatoms. The van der Waals surface area contributed by atoms with Gasteiger partial charge in [-0.1, -0.05) is 12.1 Å². The van der Waals surface area contributed by atoms with E-state index in [9.17, 15) is 9.59 Å². The number of rotatable bonds is 5. The summed E-state index contributed by atoms with van der Waals surface area (Å²) in [5.74, 6) is 1.93. The van der Waals surface area contributed by atoms with Gasteiger partial charge >= 0.3 is 0 Å². The number of hydrogen-bond acceptors (Lipinski definition) is 4. The fourth-order valence-electron chi connectivity index (χ4n) is 4.02. The number of nitrogens with one attached hydrogen (secondary N) is 1. The first kappa shape index (κ1) is 17.7. The van der Waals surface area contributed by atoms with Crippen LogP contribution in [0.4, 0.5) is 0 Å². The number of carbonyl (C=O) groups is 2. The molecule has 1 unspecified atom stereocenters. The van der Waals surface area contributed by atoms with Gasteiger partial charge < -0.3 is 15.0 Å². The van der Waals surface area contributed by atoms with Crippen molar-refractivity contribution in [2.75, 3.05) is 19.6 Å². The average Bonchev–Trinajstić information content (AvgIpc) is 3.01. The topological polar surface area (TPSA) is 58.6 Å². The second kappa shape index (κ2) is 7.53.